The van der Waals surface area contributed by atoms with Crippen LogP contribution in [0.3, 0.4) is 0 Å². The number of benzene rings is 1. The van der Waals surface area contributed by atoms with Gasteiger partial charge in [-0.15, -0.1) is 0 Å². The average molecular weight is 313 g/mol. The number of nitrogens with one attached hydrogen (secondary N) is 1. The van der Waals surface area contributed by atoms with Crippen molar-refractivity contribution in [3.8, 4) is 0 Å². The summed E-state index contributed by atoms with van der Waals surface area (Å²) in [4.78, 5) is 23.5. The number of rotatable bonds is 5. The molecule has 0 radical (unpaired) electrons. The van der Waals surface area contributed by atoms with Crippen LogP contribution in [0.25, 0.3) is 0 Å². The van der Waals surface area contributed by atoms with Crippen LogP contribution in [0.5, 0.6) is 0 Å². The second-order valence-electron chi connectivity index (χ2n) is 5.10. The van der Waals surface area contributed by atoms with E-state index in [1.54, 1.807) is 0 Å². The standard InChI is InChI=1S/C14H16FNO4S/c15-11-3-1-10(2-4-11)13(17)5-6-14(18)16-12-7-8-21(19,20)9-12/h1-4,12H,5-9H2,(H,16,18). The number of halogens is 1. The molecule has 1 aromatic rings. The minimum atomic E-state index is -3.04. The van der Waals surface area contributed by atoms with Crippen LogP contribution in [0, 0.1) is 5.82 Å². The molecule has 21 heavy (non-hydrogen) atoms. The third-order valence-electron chi connectivity index (χ3n) is 3.34. The van der Waals surface area contributed by atoms with Crippen molar-refractivity contribution < 1.29 is 22.4 Å². The zero-order valence-corrected chi connectivity index (χ0v) is 12.2. The van der Waals surface area contributed by atoms with Crippen LogP contribution < -0.4 is 5.32 Å². The van der Waals surface area contributed by atoms with Gasteiger partial charge in [-0.1, -0.05) is 0 Å². The normalized spacial score (nSPS) is 20.1. The van der Waals surface area contributed by atoms with E-state index < -0.39 is 15.7 Å². The molecule has 0 bridgehead atoms. The number of hydrogen-bond donors (Lipinski definition) is 1. The first kappa shape index (κ1) is 15.6. The lowest BCUT2D eigenvalue weighted by Crippen LogP contribution is -2.35. The summed E-state index contributed by atoms with van der Waals surface area (Å²) in [6.07, 6.45) is 0.420. The molecule has 1 N–H and O–H groups in total. The Hall–Kier alpha value is -1.76. The van der Waals surface area contributed by atoms with Gasteiger partial charge in [0.15, 0.2) is 15.6 Å². The molecule has 1 aliphatic rings. The summed E-state index contributed by atoms with van der Waals surface area (Å²) < 4.78 is 35.3. The van der Waals surface area contributed by atoms with Gasteiger partial charge in [-0.3, -0.25) is 9.59 Å². The fourth-order valence-corrected chi connectivity index (χ4v) is 3.89. The number of ketones is 1. The molecule has 114 valence electrons. The summed E-state index contributed by atoms with van der Waals surface area (Å²) in [6.45, 7) is 0. The van der Waals surface area contributed by atoms with Gasteiger partial charge >= 0.3 is 0 Å². The Kier molecular flexibility index (Phi) is 4.72. The van der Waals surface area contributed by atoms with Crippen molar-refractivity contribution in [3.63, 3.8) is 0 Å². The van der Waals surface area contributed by atoms with E-state index in [2.05, 4.69) is 5.32 Å². The number of carbonyl (C=O) groups is 2. The van der Waals surface area contributed by atoms with E-state index in [0.29, 0.717) is 12.0 Å². The number of carbonyl (C=O) groups excluding carboxylic acids is 2. The van der Waals surface area contributed by atoms with Crippen LogP contribution in [-0.2, 0) is 14.6 Å². The van der Waals surface area contributed by atoms with E-state index in [9.17, 15) is 22.4 Å². The highest BCUT2D eigenvalue weighted by molar-refractivity contribution is 7.91. The van der Waals surface area contributed by atoms with Crippen molar-refractivity contribution in [1.29, 1.82) is 0 Å². The maximum atomic E-state index is 12.7. The maximum Gasteiger partial charge on any atom is 0.220 e. The molecule has 1 atom stereocenters. The molecular formula is C14H16FNO4S. The fraction of sp³-hybridized carbons (Fsp3) is 0.429. The number of amides is 1. The molecular weight excluding hydrogens is 297 g/mol. The Labute approximate surface area is 122 Å². The second kappa shape index (κ2) is 6.34. The van der Waals surface area contributed by atoms with Gasteiger partial charge in [0.05, 0.1) is 11.5 Å². The molecule has 0 aromatic heterocycles. The van der Waals surface area contributed by atoms with Gasteiger partial charge < -0.3 is 5.32 Å². The zero-order valence-electron chi connectivity index (χ0n) is 11.3. The molecule has 1 saturated heterocycles. The molecule has 2 rings (SSSR count). The van der Waals surface area contributed by atoms with E-state index in [-0.39, 0.29) is 42.1 Å². The molecule has 5 nitrogen and oxygen atoms in total. The van der Waals surface area contributed by atoms with Crippen molar-refractivity contribution in [2.75, 3.05) is 11.5 Å². The van der Waals surface area contributed by atoms with E-state index in [1.165, 1.54) is 24.3 Å². The number of sulfone groups is 1. The monoisotopic (exact) mass is 313 g/mol. The summed E-state index contributed by atoms with van der Waals surface area (Å²) in [5, 5.41) is 2.62. The number of Topliss-reactive ketones (excluding diaryl/α,β-unsaturated/α-hetero) is 1. The minimum absolute atomic E-state index is 0.00719. The zero-order chi connectivity index (χ0) is 15.5. The predicted octanol–water partition coefficient (Wildman–Crippen LogP) is 1.09. The smallest absolute Gasteiger partial charge is 0.220 e. The molecule has 1 aromatic carbocycles. The largest absolute Gasteiger partial charge is 0.352 e. The van der Waals surface area contributed by atoms with Gasteiger partial charge in [-0.2, -0.15) is 0 Å². The molecule has 1 fully saturated rings. The Morgan fingerprint density at radius 1 is 1.19 bits per heavy atom. The van der Waals surface area contributed by atoms with Crippen LogP contribution >= 0.6 is 0 Å². The third-order valence-corrected chi connectivity index (χ3v) is 5.11. The Morgan fingerprint density at radius 3 is 2.43 bits per heavy atom. The number of hydrogen-bond acceptors (Lipinski definition) is 4. The maximum absolute atomic E-state index is 12.7. The summed E-state index contributed by atoms with van der Waals surface area (Å²) in [6, 6.07) is 4.77. The van der Waals surface area contributed by atoms with Crippen molar-refractivity contribution in [1.82, 2.24) is 5.32 Å². The highest BCUT2D eigenvalue weighted by atomic mass is 32.2. The SMILES string of the molecule is O=C(CCC(=O)c1ccc(F)cc1)NC1CCS(=O)(=O)C1. The van der Waals surface area contributed by atoms with Gasteiger partial charge in [0.2, 0.25) is 5.91 Å². The van der Waals surface area contributed by atoms with Crippen molar-refractivity contribution in [2.45, 2.75) is 25.3 Å². The first-order chi connectivity index (χ1) is 9.85. The van der Waals surface area contributed by atoms with Gasteiger partial charge in [-0.05, 0) is 30.7 Å². The van der Waals surface area contributed by atoms with Crippen molar-refractivity contribution in [3.05, 3.63) is 35.6 Å². The quantitative estimate of drug-likeness (QED) is 0.825. The van der Waals surface area contributed by atoms with Crippen LogP contribution in [-0.4, -0.2) is 37.7 Å². The summed E-state index contributed by atoms with van der Waals surface area (Å²) in [5.74, 6) is -0.958. The van der Waals surface area contributed by atoms with Crippen LogP contribution in [0.15, 0.2) is 24.3 Å². The summed E-state index contributed by atoms with van der Waals surface area (Å²) >= 11 is 0. The molecule has 1 unspecified atom stereocenters. The molecule has 7 heteroatoms. The Balaban J connectivity index is 1.79. The summed E-state index contributed by atoms with van der Waals surface area (Å²) in [7, 11) is -3.04. The third kappa shape index (κ3) is 4.63. The molecule has 1 heterocycles. The lowest BCUT2D eigenvalue weighted by molar-refractivity contribution is -0.121. The average Bonchev–Trinajstić information content (AvgIpc) is 2.76. The van der Waals surface area contributed by atoms with E-state index in [1.807, 2.05) is 0 Å². The van der Waals surface area contributed by atoms with E-state index in [4.69, 9.17) is 0 Å². The predicted molar refractivity (Wildman–Crippen MR) is 75.2 cm³/mol. The van der Waals surface area contributed by atoms with Crippen LogP contribution in [0.1, 0.15) is 29.6 Å². The Morgan fingerprint density at radius 2 is 1.86 bits per heavy atom. The van der Waals surface area contributed by atoms with Gasteiger partial charge in [-0.25, -0.2) is 12.8 Å². The van der Waals surface area contributed by atoms with E-state index >= 15 is 0 Å². The summed E-state index contributed by atoms with van der Waals surface area (Å²) in [5.41, 5.74) is 0.354. The Bertz CT molecular complexity index is 639. The van der Waals surface area contributed by atoms with Crippen LogP contribution in [0.2, 0.25) is 0 Å². The molecule has 1 aliphatic heterocycles. The second-order valence-corrected chi connectivity index (χ2v) is 7.33. The first-order valence-corrected chi connectivity index (χ1v) is 8.46. The van der Waals surface area contributed by atoms with Crippen molar-refractivity contribution in [2.24, 2.45) is 0 Å². The lowest BCUT2D eigenvalue weighted by Gasteiger charge is -2.10. The molecule has 0 saturated carbocycles. The van der Waals surface area contributed by atoms with Gasteiger partial charge in [0, 0.05) is 24.4 Å². The topological polar surface area (TPSA) is 80.3 Å². The van der Waals surface area contributed by atoms with Crippen LogP contribution in [0.4, 0.5) is 4.39 Å². The molecule has 0 aliphatic carbocycles. The van der Waals surface area contributed by atoms with E-state index in [0.717, 1.165) is 0 Å². The highest BCUT2D eigenvalue weighted by Gasteiger charge is 2.28. The van der Waals surface area contributed by atoms with Gasteiger partial charge in [0.25, 0.3) is 0 Å². The van der Waals surface area contributed by atoms with Crippen molar-refractivity contribution >= 4 is 21.5 Å². The highest BCUT2D eigenvalue weighted by Crippen LogP contribution is 2.12. The minimum Gasteiger partial charge on any atom is -0.352 e. The lowest BCUT2D eigenvalue weighted by atomic mass is 10.1. The molecule has 1 amide bonds. The first-order valence-electron chi connectivity index (χ1n) is 6.64. The molecule has 0 spiro atoms. The fourth-order valence-electron chi connectivity index (χ4n) is 2.22. The van der Waals surface area contributed by atoms with Gasteiger partial charge in [0.1, 0.15) is 5.82 Å².